The van der Waals surface area contributed by atoms with E-state index in [0.717, 1.165) is 36.1 Å². The normalized spacial score (nSPS) is 16.2. The Morgan fingerprint density at radius 3 is 2.39 bits per heavy atom. The molecule has 1 aromatic heterocycles. The predicted octanol–water partition coefficient (Wildman–Crippen LogP) is 3.57. The van der Waals surface area contributed by atoms with E-state index in [-0.39, 0.29) is 5.91 Å². The van der Waals surface area contributed by atoms with Crippen LogP contribution in [-0.4, -0.2) is 17.0 Å². The van der Waals surface area contributed by atoms with Crippen molar-refractivity contribution in [1.82, 2.24) is 5.32 Å². The third-order valence-corrected chi connectivity index (χ3v) is 5.59. The summed E-state index contributed by atoms with van der Waals surface area (Å²) in [7, 11) is 0. The largest absolute Gasteiger partial charge is 0.477 e. The molecule has 1 heterocycles. The number of hydrogen-bond acceptors (Lipinski definition) is 3. The van der Waals surface area contributed by atoms with Crippen molar-refractivity contribution in [2.75, 3.05) is 0 Å². The molecule has 3 rings (SSSR count). The second-order valence-corrected chi connectivity index (χ2v) is 7.08. The number of aromatic carboxylic acids is 1. The molecule has 1 fully saturated rings. The Balaban J connectivity index is 1.73. The van der Waals surface area contributed by atoms with Crippen LogP contribution in [0.25, 0.3) is 0 Å². The van der Waals surface area contributed by atoms with E-state index >= 15 is 0 Å². The molecule has 0 unspecified atom stereocenters. The van der Waals surface area contributed by atoms with Crippen molar-refractivity contribution in [2.24, 2.45) is 0 Å². The molecule has 120 valence electrons. The Morgan fingerprint density at radius 2 is 1.78 bits per heavy atom. The Morgan fingerprint density at radius 1 is 1.09 bits per heavy atom. The fourth-order valence-electron chi connectivity index (χ4n) is 3.31. The van der Waals surface area contributed by atoms with Crippen molar-refractivity contribution in [3.05, 3.63) is 57.8 Å². The molecular formula is C18H19NO3S. The molecule has 23 heavy (non-hydrogen) atoms. The van der Waals surface area contributed by atoms with E-state index in [9.17, 15) is 9.59 Å². The first-order valence-corrected chi connectivity index (χ1v) is 8.59. The van der Waals surface area contributed by atoms with Gasteiger partial charge in [0, 0.05) is 4.88 Å². The van der Waals surface area contributed by atoms with E-state index in [1.54, 1.807) is 12.1 Å². The zero-order valence-corrected chi connectivity index (χ0v) is 13.6. The minimum Gasteiger partial charge on any atom is -0.477 e. The molecule has 2 N–H and O–H groups in total. The van der Waals surface area contributed by atoms with Gasteiger partial charge in [-0.15, -0.1) is 11.3 Å². The van der Waals surface area contributed by atoms with Crippen molar-refractivity contribution < 1.29 is 14.7 Å². The lowest BCUT2D eigenvalue weighted by Gasteiger charge is -2.28. The van der Waals surface area contributed by atoms with Gasteiger partial charge in [-0.25, -0.2) is 4.79 Å². The molecule has 0 atom stereocenters. The van der Waals surface area contributed by atoms with Crippen LogP contribution in [0.5, 0.6) is 0 Å². The Kier molecular flexibility index (Phi) is 4.48. The molecule has 0 radical (unpaired) electrons. The molecule has 0 aliphatic heterocycles. The number of carbonyl (C=O) groups excluding carboxylic acids is 1. The first-order valence-electron chi connectivity index (χ1n) is 7.78. The summed E-state index contributed by atoms with van der Waals surface area (Å²) in [4.78, 5) is 24.9. The van der Waals surface area contributed by atoms with Gasteiger partial charge in [-0.05, 0) is 30.5 Å². The van der Waals surface area contributed by atoms with Gasteiger partial charge in [0.1, 0.15) is 4.88 Å². The van der Waals surface area contributed by atoms with Crippen LogP contribution in [0.15, 0.2) is 42.5 Å². The second kappa shape index (κ2) is 6.54. The highest BCUT2D eigenvalue weighted by molar-refractivity contribution is 7.13. The smallest absolute Gasteiger partial charge is 0.345 e. The number of hydrogen-bond donors (Lipinski definition) is 2. The third-order valence-electron chi connectivity index (χ3n) is 4.51. The number of nitrogens with one attached hydrogen (secondary N) is 1. The van der Waals surface area contributed by atoms with Gasteiger partial charge < -0.3 is 10.4 Å². The molecular weight excluding hydrogens is 310 g/mol. The highest BCUT2D eigenvalue weighted by Crippen LogP contribution is 2.41. The summed E-state index contributed by atoms with van der Waals surface area (Å²) in [6.45, 7) is 0.380. The standard InChI is InChI=1S/C18H19NO3S/c20-16(21)15-9-8-14(23-15)12-19-17(22)18(10-4-5-11-18)13-6-2-1-3-7-13/h1-3,6-9H,4-5,10-12H2,(H,19,22)(H,20,21). The van der Waals surface area contributed by atoms with E-state index < -0.39 is 11.4 Å². The molecule has 2 aromatic rings. The maximum atomic E-state index is 12.9. The zero-order chi connectivity index (χ0) is 16.3. The van der Waals surface area contributed by atoms with Crippen LogP contribution < -0.4 is 5.32 Å². The highest BCUT2D eigenvalue weighted by Gasteiger charge is 2.42. The number of carbonyl (C=O) groups is 2. The van der Waals surface area contributed by atoms with Gasteiger partial charge in [-0.1, -0.05) is 43.2 Å². The number of rotatable bonds is 5. The minimum absolute atomic E-state index is 0.0477. The lowest BCUT2D eigenvalue weighted by Crippen LogP contribution is -2.42. The first-order chi connectivity index (χ1) is 11.1. The summed E-state index contributed by atoms with van der Waals surface area (Å²) in [6.07, 6.45) is 3.86. The van der Waals surface area contributed by atoms with Crippen molar-refractivity contribution in [1.29, 1.82) is 0 Å². The highest BCUT2D eigenvalue weighted by atomic mass is 32.1. The molecule has 5 heteroatoms. The Bertz CT molecular complexity index is 702. The zero-order valence-electron chi connectivity index (χ0n) is 12.7. The van der Waals surface area contributed by atoms with Crippen molar-refractivity contribution in [3.8, 4) is 0 Å². The number of carboxylic acid groups (broad SMARTS) is 1. The molecule has 1 aliphatic carbocycles. The Hall–Kier alpha value is -2.14. The van der Waals surface area contributed by atoms with E-state index in [1.807, 2.05) is 30.3 Å². The predicted molar refractivity (Wildman–Crippen MR) is 89.7 cm³/mol. The number of thiophene rings is 1. The average Bonchev–Trinajstić information content (AvgIpc) is 3.23. The molecule has 0 spiro atoms. The topological polar surface area (TPSA) is 66.4 Å². The SMILES string of the molecule is O=C(O)c1ccc(CNC(=O)C2(c3ccccc3)CCCC2)s1. The van der Waals surface area contributed by atoms with E-state index in [2.05, 4.69) is 5.32 Å². The lowest BCUT2D eigenvalue weighted by molar-refractivity contribution is -0.126. The molecule has 1 aliphatic rings. The van der Waals surface area contributed by atoms with Crippen LogP contribution in [0.1, 0.15) is 45.8 Å². The third kappa shape index (κ3) is 3.15. The number of carboxylic acids is 1. The maximum absolute atomic E-state index is 12.9. The van der Waals surface area contributed by atoms with E-state index in [0.29, 0.717) is 11.4 Å². The fourth-order valence-corrected chi connectivity index (χ4v) is 4.09. The summed E-state index contributed by atoms with van der Waals surface area (Å²) in [5.74, 6) is -0.879. The molecule has 4 nitrogen and oxygen atoms in total. The summed E-state index contributed by atoms with van der Waals surface area (Å²) in [5, 5.41) is 12.0. The first kappa shape index (κ1) is 15.7. The molecule has 1 saturated carbocycles. The van der Waals surface area contributed by atoms with Gasteiger partial charge in [0.2, 0.25) is 5.91 Å². The quantitative estimate of drug-likeness (QED) is 0.881. The van der Waals surface area contributed by atoms with E-state index in [4.69, 9.17) is 5.11 Å². The maximum Gasteiger partial charge on any atom is 0.345 e. The molecule has 1 aromatic carbocycles. The summed E-state index contributed by atoms with van der Waals surface area (Å²) >= 11 is 1.21. The lowest BCUT2D eigenvalue weighted by atomic mass is 9.78. The molecule has 0 saturated heterocycles. The monoisotopic (exact) mass is 329 g/mol. The molecule has 0 bridgehead atoms. The number of amides is 1. The summed E-state index contributed by atoms with van der Waals surface area (Å²) in [5.41, 5.74) is 0.640. The van der Waals surface area contributed by atoms with Gasteiger partial charge in [0.05, 0.1) is 12.0 Å². The van der Waals surface area contributed by atoms with Crippen LogP contribution in [0, 0.1) is 0 Å². The van der Waals surface area contributed by atoms with Crippen LogP contribution in [0.4, 0.5) is 0 Å². The second-order valence-electron chi connectivity index (χ2n) is 5.91. The van der Waals surface area contributed by atoms with Crippen LogP contribution in [0.2, 0.25) is 0 Å². The van der Waals surface area contributed by atoms with Crippen molar-refractivity contribution in [2.45, 2.75) is 37.6 Å². The van der Waals surface area contributed by atoms with E-state index in [1.165, 1.54) is 11.3 Å². The van der Waals surface area contributed by atoms with Crippen LogP contribution in [-0.2, 0) is 16.8 Å². The van der Waals surface area contributed by atoms with Gasteiger partial charge >= 0.3 is 5.97 Å². The van der Waals surface area contributed by atoms with Crippen LogP contribution in [0.3, 0.4) is 0 Å². The van der Waals surface area contributed by atoms with Crippen molar-refractivity contribution >= 4 is 23.2 Å². The summed E-state index contributed by atoms with van der Waals surface area (Å²) in [6, 6.07) is 13.3. The van der Waals surface area contributed by atoms with Crippen LogP contribution >= 0.6 is 11.3 Å². The minimum atomic E-state index is -0.927. The van der Waals surface area contributed by atoms with Gasteiger partial charge in [0.25, 0.3) is 0 Å². The summed E-state index contributed by atoms with van der Waals surface area (Å²) < 4.78 is 0. The van der Waals surface area contributed by atoms with Gasteiger partial charge in [-0.2, -0.15) is 0 Å². The molecule has 1 amide bonds. The van der Waals surface area contributed by atoms with Crippen molar-refractivity contribution in [3.63, 3.8) is 0 Å². The number of benzene rings is 1. The average molecular weight is 329 g/mol. The van der Waals surface area contributed by atoms with Gasteiger partial charge in [-0.3, -0.25) is 4.79 Å². The fraction of sp³-hybridized carbons (Fsp3) is 0.333. The van der Waals surface area contributed by atoms with Gasteiger partial charge in [0.15, 0.2) is 0 Å². The Labute approximate surface area is 139 Å².